The van der Waals surface area contributed by atoms with E-state index >= 15 is 0 Å². The maximum atomic E-state index is 11.8. The molecule has 1 atom stereocenters. The average Bonchev–Trinajstić information content (AvgIpc) is 2.24. The highest BCUT2D eigenvalue weighted by atomic mass is 16.3. The van der Waals surface area contributed by atoms with Crippen LogP contribution in [0.5, 0.6) is 23.0 Å². The molecule has 1 rings (SSSR count). The summed E-state index contributed by atoms with van der Waals surface area (Å²) in [4.78, 5) is 11.8. The van der Waals surface area contributed by atoms with Crippen molar-refractivity contribution in [2.45, 2.75) is 20.3 Å². The Balaban J connectivity index is 3.34. The number of phenols is 4. The number of ketones is 1. The fraction of sp³-hybridized carbons (Fsp3) is 0.364. The van der Waals surface area contributed by atoms with Gasteiger partial charge in [0.1, 0.15) is 11.3 Å². The van der Waals surface area contributed by atoms with Crippen LogP contribution in [0.1, 0.15) is 30.6 Å². The zero-order valence-electron chi connectivity index (χ0n) is 9.06. The molecular formula is C11H14O5. The molecule has 0 saturated heterocycles. The summed E-state index contributed by atoms with van der Waals surface area (Å²) in [7, 11) is 0. The Morgan fingerprint density at radius 3 is 2.25 bits per heavy atom. The summed E-state index contributed by atoms with van der Waals surface area (Å²) in [5, 5.41) is 37.3. The van der Waals surface area contributed by atoms with Crippen molar-refractivity contribution in [2.24, 2.45) is 5.92 Å². The number of rotatable bonds is 3. The molecule has 4 N–H and O–H groups in total. The molecule has 0 amide bonds. The van der Waals surface area contributed by atoms with Crippen molar-refractivity contribution in [3.05, 3.63) is 11.6 Å². The third kappa shape index (κ3) is 1.88. The number of hydrogen-bond acceptors (Lipinski definition) is 5. The van der Waals surface area contributed by atoms with Crippen LogP contribution < -0.4 is 0 Å². The van der Waals surface area contributed by atoms with Gasteiger partial charge in [0, 0.05) is 12.0 Å². The molecule has 0 spiro atoms. The molecule has 1 aromatic carbocycles. The van der Waals surface area contributed by atoms with Gasteiger partial charge in [-0.2, -0.15) is 0 Å². The van der Waals surface area contributed by atoms with Gasteiger partial charge in [-0.05, 0) is 6.42 Å². The van der Waals surface area contributed by atoms with Crippen molar-refractivity contribution >= 4 is 5.78 Å². The molecule has 5 heteroatoms. The van der Waals surface area contributed by atoms with Crippen molar-refractivity contribution in [2.75, 3.05) is 0 Å². The minimum Gasteiger partial charge on any atom is -0.507 e. The van der Waals surface area contributed by atoms with E-state index in [1.165, 1.54) is 0 Å². The minimum atomic E-state index is -0.801. The molecule has 0 aliphatic carbocycles. The highest BCUT2D eigenvalue weighted by Crippen LogP contribution is 2.43. The normalized spacial score (nSPS) is 12.4. The zero-order valence-corrected chi connectivity index (χ0v) is 9.06. The van der Waals surface area contributed by atoms with Gasteiger partial charge >= 0.3 is 0 Å². The Morgan fingerprint density at radius 1 is 1.19 bits per heavy atom. The van der Waals surface area contributed by atoms with Gasteiger partial charge < -0.3 is 20.4 Å². The number of Topliss-reactive ketones (excluding diaryl/α,β-unsaturated/α-hetero) is 1. The summed E-state index contributed by atoms with van der Waals surface area (Å²) in [6.07, 6.45) is 0.541. The maximum Gasteiger partial charge on any atom is 0.201 e. The van der Waals surface area contributed by atoms with E-state index in [0.29, 0.717) is 6.42 Å². The first kappa shape index (κ1) is 12.2. The van der Waals surface area contributed by atoms with Crippen molar-refractivity contribution in [1.29, 1.82) is 0 Å². The highest BCUT2D eigenvalue weighted by molar-refractivity contribution is 6.03. The molecule has 88 valence electrons. The Kier molecular flexibility index (Phi) is 3.27. The molecule has 5 nitrogen and oxygen atoms in total. The van der Waals surface area contributed by atoms with Gasteiger partial charge in [0.2, 0.25) is 5.75 Å². The molecule has 1 unspecified atom stereocenters. The number of hydrogen-bond donors (Lipinski definition) is 4. The molecular weight excluding hydrogens is 212 g/mol. The average molecular weight is 226 g/mol. The predicted molar refractivity (Wildman–Crippen MR) is 56.9 cm³/mol. The molecule has 0 aliphatic heterocycles. The Hall–Kier alpha value is -1.91. The van der Waals surface area contributed by atoms with Crippen LogP contribution in [0.2, 0.25) is 0 Å². The van der Waals surface area contributed by atoms with E-state index in [4.69, 9.17) is 5.11 Å². The second kappa shape index (κ2) is 4.30. The second-order valence-electron chi connectivity index (χ2n) is 3.66. The molecule has 0 saturated carbocycles. The maximum absolute atomic E-state index is 11.8. The monoisotopic (exact) mass is 226 g/mol. The predicted octanol–water partition coefficient (Wildman–Crippen LogP) is 1.74. The largest absolute Gasteiger partial charge is 0.507 e. The lowest BCUT2D eigenvalue weighted by Crippen LogP contribution is -2.10. The van der Waals surface area contributed by atoms with Gasteiger partial charge in [0.25, 0.3) is 0 Å². The van der Waals surface area contributed by atoms with E-state index in [2.05, 4.69) is 0 Å². The van der Waals surface area contributed by atoms with Gasteiger partial charge in [-0.3, -0.25) is 4.79 Å². The summed E-state index contributed by atoms with van der Waals surface area (Å²) < 4.78 is 0. The third-order valence-corrected chi connectivity index (χ3v) is 2.54. The van der Waals surface area contributed by atoms with E-state index in [9.17, 15) is 20.1 Å². The lowest BCUT2D eigenvalue weighted by atomic mass is 9.95. The van der Waals surface area contributed by atoms with Crippen LogP contribution >= 0.6 is 0 Å². The SMILES string of the molecule is CCC(C)C(=O)c1c(O)cc(O)c(O)c1O. The van der Waals surface area contributed by atoms with Crippen LogP contribution in [0, 0.1) is 5.92 Å². The lowest BCUT2D eigenvalue weighted by molar-refractivity contribution is 0.0921. The number of carbonyl (C=O) groups is 1. The van der Waals surface area contributed by atoms with Crippen molar-refractivity contribution in [3.63, 3.8) is 0 Å². The molecule has 0 bridgehead atoms. The van der Waals surface area contributed by atoms with Gasteiger partial charge in [0.05, 0.1) is 0 Å². The fourth-order valence-electron chi connectivity index (χ4n) is 1.31. The number of phenolic OH excluding ortho intramolecular Hbond substituents is 4. The summed E-state index contributed by atoms with van der Waals surface area (Å²) >= 11 is 0. The van der Waals surface area contributed by atoms with Crippen LogP contribution in [0.3, 0.4) is 0 Å². The highest BCUT2D eigenvalue weighted by Gasteiger charge is 2.25. The molecule has 0 radical (unpaired) electrons. The second-order valence-corrected chi connectivity index (χ2v) is 3.66. The molecule has 16 heavy (non-hydrogen) atoms. The first-order valence-corrected chi connectivity index (χ1v) is 4.91. The Labute approximate surface area is 92.6 Å². The summed E-state index contributed by atoms with van der Waals surface area (Å²) in [6, 6.07) is 0.824. The first-order chi connectivity index (χ1) is 7.40. The van der Waals surface area contributed by atoms with Gasteiger partial charge in [-0.1, -0.05) is 13.8 Å². The van der Waals surface area contributed by atoms with E-state index in [0.717, 1.165) is 6.07 Å². The quantitative estimate of drug-likeness (QED) is 0.357. The van der Waals surface area contributed by atoms with Crippen molar-refractivity contribution < 1.29 is 25.2 Å². The van der Waals surface area contributed by atoms with E-state index in [1.54, 1.807) is 13.8 Å². The number of aromatic hydroxyl groups is 4. The zero-order chi connectivity index (χ0) is 12.5. The van der Waals surface area contributed by atoms with Crippen LogP contribution in [0.15, 0.2) is 6.07 Å². The van der Waals surface area contributed by atoms with Crippen molar-refractivity contribution in [1.82, 2.24) is 0 Å². The van der Waals surface area contributed by atoms with Crippen LogP contribution in [-0.2, 0) is 0 Å². The van der Waals surface area contributed by atoms with Gasteiger partial charge in [0.15, 0.2) is 17.3 Å². The number of benzene rings is 1. The van der Waals surface area contributed by atoms with Crippen molar-refractivity contribution in [3.8, 4) is 23.0 Å². The molecule has 0 fully saturated rings. The summed E-state index contributed by atoms with van der Waals surface area (Å²) in [6.45, 7) is 3.43. The van der Waals surface area contributed by atoms with E-state index < -0.39 is 28.8 Å². The minimum absolute atomic E-state index is 0.357. The fourth-order valence-corrected chi connectivity index (χ4v) is 1.31. The lowest BCUT2D eigenvalue weighted by Gasteiger charge is -2.12. The molecule has 0 aromatic heterocycles. The van der Waals surface area contributed by atoms with Crippen LogP contribution in [-0.4, -0.2) is 26.2 Å². The topological polar surface area (TPSA) is 98.0 Å². The van der Waals surface area contributed by atoms with Gasteiger partial charge in [-0.15, -0.1) is 0 Å². The Bertz CT molecular complexity index is 425. The van der Waals surface area contributed by atoms with E-state index in [-0.39, 0.29) is 11.5 Å². The van der Waals surface area contributed by atoms with E-state index in [1.807, 2.05) is 0 Å². The summed E-state index contributed by atoms with van der Waals surface area (Å²) in [5.74, 6) is -3.67. The molecule has 1 aromatic rings. The Morgan fingerprint density at radius 2 is 1.75 bits per heavy atom. The smallest absolute Gasteiger partial charge is 0.201 e. The molecule has 0 heterocycles. The van der Waals surface area contributed by atoms with Crippen LogP contribution in [0.4, 0.5) is 0 Å². The standard InChI is InChI=1S/C11H14O5/c1-3-5(2)9(14)8-6(12)4-7(13)10(15)11(8)16/h4-5,12-13,15-16H,3H2,1-2H3. The van der Waals surface area contributed by atoms with Crippen LogP contribution in [0.25, 0.3) is 0 Å². The first-order valence-electron chi connectivity index (χ1n) is 4.91. The summed E-state index contributed by atoms with van der Waals surface area (Å²) in [5.41, 5.74) is -0.357. The molecule has 0 aliphatic rings. The van der Waals surface area contributed by atoms with Gasteiger partial charge in [-0.25, -0.2) is 0 Å². The number of carbonyl (C=O) groups excluding carboxylic acids is 1. The third-order valence-electron chi connectivity index (χ3n) is 2.54.